The number of cyclic esters (lactones) is 1. The summed E-state index contributed by atoms with van der Waals surface area (Å²) in [5.41, 5.74) is 3.95. The highest BCUT2D eigenvalue weighted by molar-refractivity contribution is 5.96. The van der Waals surface area contributed by atoms with Gasteiger partial charge in [-0.05, 0) is 78.0 Å². The SMILES string of the molecule is Cc1c(C(O)CN2CCC3(CC2)CC(=O)N(c2ccc(-n4cnnn4)nc2)C3)ccc2c1COC2=O. The van der Waals surface area contributed by atoms with Gasteiger partial charge in [-0.25, -0.2) is 9.78 Å². The van der Waals surface area contributed by atoms with E-state index in [1.54, 1.807) is 18.3 Å². The number of hydrogen-bond donors (Lipinski definition) is 1. The maximum Gasteiger partial charge on any atom is 0.338 e. The minimum absolute atomic E-state index is 0.0613. The van der Waals surface area contributed by atoms with Gasteiger partial charge in [0.2, 0.25) is 5.91 Å². The van der Waals surface area contributed by atoms with E-state index in [0.29, 0.717) is 30.9 Å². The van der Waals surface area contributed by atoms with Crippen molar-refractivity contribution in [3.8, 4) is 5.82 Å². The first-order valence-electron chi connectivity index (χ1n) is 12.1. The first-order chi connectivity index (χ1) is 17.4. The number of anilines is 1. The van der Waals surface area contributed by atoms with Crippen LogP contribution < -0.4 is 4.90 Å². The fourth-order valence-electron chi connectivity index (χ4n) is 5.69. The number of amides is 1. The van der Waals surface area contributed by atoms with Crippen molar-refractivity contribution in [3.63, 3.8) is 0 Å². The van der Waals surface area contributed by atoms with Crippen LogP contribution in [0.5, 0.6) is 0 Å². The Labute approximate surface area is 207 Å². The van der Waals surface area contributed by atoms with E-state index < -0.39 is 6.10 Å². The first kappa shape index (κ1) is 22.7. The molecule has 0 saturated carbocycles. The van der Waals surface area contributed by atoms with Crippen LogP contribution in [0.15, 0.2) is 36.8 Å². The third kappa shape index (κ3) is 3.94. The summed E-state index contributed by atoms with van der Waals surface area (Å²) >= 11 is 0. The normalized spacial score (nSPS) is 20.1. The topological polar surface area (TPSA) is 127 Å². The van der Waals surface area contributed by atoms with Crippen LogP contribution in [0.1, 0.15) is 52.4 Å². The molecule has 6 rings (SSSR count). The van der Waals surface area contributed by atoms with E-state index in [0.717, 1.165) is 48.3 Å². The Morgan fingerprint density at radius 3 is 2.72 bits per heavy atom. The van der Waals surface area contributed by atoms with Gasteiger partial charge in [0.05, 0.1) is 23.6 Å². The van der Waals surface area contributed by atoms with Gasteiger partial charge in [-0.2, -0.15) is 4.68 Å². The summed E-state index contributed by atoms with van der Waals surface area (Å²) in [6.07, 6.45) is 4.83. The molecule has 3 aliphatic heterocycles. The van der Waals surface area contributed by atoms with Crippen LogP contribution in [0.3, 0.4) is 0 Å². The van der Waals surface area contributed by atoms with E-state index in [4.69, 9.17) is 4.74 Å². The number of carbonyl (C=O) groups is 2. The third-order valence-electron chi connectivity index (χ3n) is 7.86. The van der Waals surface area contributed by atoms with Gasteiger partial charge in [-0.1, -0.05) is 6.07 Å². The number of aliphatic hydroxyl groups excluding tert-OH is 1. The molecule has 0 radical (unpaired) electrons. The highest BCUT2D eigenvalue weighted by Crippen LogP contribution is 2.43. The lowest BCUT2D eigenvalue weighted by molar-refractivity contribution is -0.118. The molecule has 2 fully saturated rings. The number of benzene rings is 1. The van der Waals surface area contributed by atoms with E-state index in [9.17, 15) is 14.7 Å². The fraction of sp³-hybridized carbons (Fsp3) is 0.440. The van der Waals surface area contributed by atoms with Crippen molar-refractivity contribution in [3.05, 3.63) is 59.0 Å². The van der Waals surface area contributed by atoms with Gasteiger partial charge in [0.15, 0.2) is 5.82 Å². The van der Waals surface area contributed by atoms with Gasteiger partial charge in [-0.3, -0.25) is 4.79 Å². The van der Waals surface area contributed by atoms with Crippen LogP contribution in [0.25, 0.3) is 5.82 Å². The second kappa shape index (κ2) is 8.75. The lowest BCUT2D eigenvalue weighted by Crippen LogP contribution is -2.43. The number of esters is 1. The number of tetrazole rings is 1. The predicted octanol–water partition coefficient (Wildman–Crippen LogP) is 1.59. The Balaban J connectivity index is 1.08. The van der Waals surface area contributed by atoms with E-state index in [1.165, 1.54) is 11.0 Å². The Bertz CT molecular complexity index is 1300. The van der Waals surface area contributed by atoms with Crippen LogP contribution in [-0.4, -0.2) is 73.3 Å². The van der Waals surface area contributed by atoms with Gasteiger partial charge in [-0.15, -0.1) is 5.10 Å². The Hall–Kier alpha value is -3.70. The van der Waals surface area contributed by atoms with Crippen molar-refractivity contribution in [2.45, 2.75) is 38.9 Å². The minimum Gasteiger partial charge on any atom is -0.457 e. The molecule has 3 aliphatic rings. The molecular formula is C25H27N7O4. The first-order valence-corrected chi connectivity index (χ1v) is 12.1. The van der Waals surface area contributed by atoms with Crippen LogP contribution >= 0.6 is 0 Å². The van der Waals surface area contributed by atoms with E-state index in [2.05, 4.69) is 25.4 Å². The maximum atomic E-state index is 12.9. The Kier molecular flexibility index (Phi) is 5.53. The molecule has 1 atom stereocenters. The number of aromatic nitrogens is 5. The molecule has 1 aromatic carbocycles. The molecule has 1 amide bonds. The largest absolute Gasteiger partial charge is 0.457 e. The third-order valence-corrected chi connectivity index (χ3v) is 7.86. The number of nitrogens with zero attached hydrogens (tertiary/aromatic N) is 7. The molecule has 1 N–H and O–H groups in total. The summed E-state index contributed by atoms with van der Waals surface area (Å²) in [5.74, 6) is 0.413. The average molecular weight is 490 g/mol. The number of pyridine rings is 1. The highest BCUT2D eigenvalue weighted by atomic mass is 16.5. The van der Waals surface area contributed by atoms with Gasteiger partial charge in [0.1, 0.15) is 12.9 Å². The fourth-order valence-corrected chi connectivity index (χ4v) is 5.69. The minimum atomic E-state index is -0.647. The smallest absolute Gasteiger partial charge is 0.338 e. The number of rotatable bonds is 5. The number of aliphatic hydroxyl groups is 1. The molecule has 186 valence electrons. The van der Waals surface area contributed by atoms with Gasteiger partial charge < -0.3 is 19.6 Å². The molecule has 0 aliphatic carbocycles. The van der Waals surface area contributed by atoms with Crippen molar-refractivity contribution in [2.24, 2.45) is 5.41 Å². The number of likely N-dealkylation sites (tertiary alicyclic amines) is 1. The summed E-state index contributed by atoms with van der Waals surface area (Å²) in [4.78, 5) is 33.2. The van der Waals surface area contributed by atoms with E-state index in [1.807, 2.05) is 24.0 Å². The Morgan fingerprint density at radius 1 is 1.17 bits per heavy atom. The van der Waals surface area contributed by atoms with Crippen LogP contribution in [0, 0.1) is 12.3 Å². The molecule has 11 nitrogen and oxygen atoms in total. The molecule has 1 unspecified atom stereocenters. The molecular weight excluding hydrogens is 462 g/mol. The number of hydrogen-bond acceptors (Lipinski definition) is 9. The predicted molar refractivity (Wildman–Crippen MR) is 127 cm³/mol. The monoisotopic (exact) mass is 489 g/mol. The zero-order valence-corrected chi connectivity index (χ0v) is 20.0. The number of carbonyl (C=O) groups excluding carboxylic acids is 2. The number of ether oxygens (including phenoxy) is 1. The van der Waals surface area contributed by atoms with Gasteiger partial charge in [0.25, 0.3) is 0 Å². The zero-order valence-electron chi connectivity index (χ0n) is 20.0. The molecule has 1 spiro atoms. The zero-order chi connectivity index (χ0) is 24.9. The summed E-state index contributed by atoms with van der Waals surface area (Å²) in [5, 5.41) is 22.1. The number of β-amino-alcohol motifs (C(OH)–C–C–N with tert-alkyl or cyclic N) is 1. The van der Waals surface area contributed by atoms with Crippen molar-refractivity contribution in [2.75, 3.05) is 31.1 Å². The summed E-state index contributed by atoms with van der Waals surface area (Å²) in [7, 11) is 0. The standard InChI is InChI=1S/C25H27N7O4/c1-16-18(3-4-19-20(16)13-36-24(19)35)21(33)12-30-8-6-25(7-9-30)10-23(34)31(14-25)17-2-5-22(26-11-17)32-15-27-28-29-32/h2-5,11,15,21,33H,6-10,12-14H2,1H3. The maximum absolute atomic E-state index is 12.9. The van der Waals surface area contributed by atoms with E-state index in [-0.39, 0.29) is 23.9 Å². The molecule has 2 aromatic heterocycles. The van der Waals surface area contributed by atoms with Crippen LogP contribution in [0.2, 0.25) is 0 Å². The molecule has 3 aromatic rings. The quantitative estimate of drug-likeness (QED) is 0.532. The number of piperidine rings is 1. The van der Waals surface area contributed by atoms with Crippen molar-refractivity contribution in [1.82, 2.24) is 30.1 Å². The van der Waals surface area contributed by atoms with Crippen LogP contribution in [0.4, 0.5) is 5.69 Å². The second-order valence-corrected chi connectivity index (χ2v) is 9.98. The molecule has 0 bridgehead atoms. The number of fused-ring (bicyclic) bond motifs is 1. The highest BCUT2D eigenvalue weighted by Gasteiger charge is 2.45. The van der Waals surface area contributed by atoms with Crippen molar-refractivity contribution in [1.29, 1.82) is 0 Å². The lowest BCUT2D eigenvalue weighted by atomic mass is 9.77. The van der Waals surface area contributed by atoms with Crippen LogP contribution in [-0.2, 0) is 16.1 Å². The van der Waals surface area contributed by atoms with Gasteiger partial charge >= 0.3 is 5.97 Å². The van der Waals surface area contributed by atoms with Crippen molar-refractivity contribution >= 4 is 17.6 Å². The summed E-state index contributed by atoms with van der Waals surface area (Å²) in [6.45, 7) is 5.04. The molecule has 11 heteroatoms. The van der Waals surface area contributed by atoms with Gasteiger partial charge in [0, 0.05) is 25.1 Å². The molecule has 5 heterocycles. The average Bonchev–Trinajstić information content (AvgIpc) is 3.62. The molecule has 36 heavy (non-hydrogen) atoms. The Morgan fingerprint density at radius 2 is 2.00 bits per heavy atom. The lowest BCUT2D eigenvalue weighted by Gasteiger charge is -2.39. The van der Waals surface area contributed by atoms with E-state index >= 15 is 0 Å². The van der Waals surface area contributed by atoms with Crippen molar-refractivity contribution < 1.29 is 19.4 Å². The second-order valence-electron chi connectivity index (χ2n) is 9.98. The molecule has 2 saturated heterocycles. The summed E-state index contributed by atoms with van der Waals surface area (Å²) < 4.78 is 6.61. The summed E-state index contributed by atoms with van der Waals surface area (Å²) in [6, 6.07) is 7.27.